The van der Waals surface area contributed by atoms with Crippen LogP contribution in [0.4, 0.5) is 0 Å². The van der Waals surface area contributed by atoms with Crippen molar-refractivity contribution in [3.05, 3.63) is 0 Å². The lowest BCUT2D eigenvalue weighted by Crippen LogP contribution is -2.61. The fourth-order valence-electron chi connectivity index (χ4n) is 3.28. The Balaban J connectivity index is 1.57. The van der Waals surface area contributed by atoms with Crippen molar-refractivity contribution in [2.24, 2.45) is 5.41 Å². The summed E-state index contributed by atoms with van der Waals surface area (Å²) in [5.41, 5.74) is 0.294. The second kappa shape index (κ2) is 5.68. The van der Waals surface area contributed by atoms with Crippen molar-refractivity contribution < 1.29 is 4.74 Å². The van der Waals surface area contributed by atoms with Gasteiger partial charge in [0.1, 0.15) is 0 Å². The van der Waals surface area contributed by atoms with Crippen LogP contribution in [0.15, 0.2) is 0 Å². The molecule has 2 saturated carbocycles. The second-order valence-electron chi connectivity index (χ2n) is 6.22. The first-order valence-corrected chi connectivity index (χ1v) is 7.14. The first kappa shape index (κ1) is 13.3. The molecule has 17 heavy (non-hydrogen) atoms. The highest BCUT2D eigenvalue weighted by Gasteiger charge is 2.47. The third kappa shape index (κ3) is 3.01. The van der Waals surface area contributed by atoms with E-state index in [9.17, 15) is 0 Å². The molecule has 2 atom stereocenters. The van der Waals surface area contributed by atoms with E-state index in [1.807, 2.05) is 7.11 Å². The van der Waals surface area contributed by atoms with Gasteiger partial charge in [-0.3, -0.25) is 0 Å². The van der Waals surface area contributed by atoms with Crippen LogP contribution in [0, 0.1) is 5.41 Å². The van der Waals surface area contributed by atoms with E-state index in [0.717, 1.165) is 25.6 Å². The molecular weight excluding hydrogens is 212 g/mol. The molecule has 0 spiro atoms. The molecule has 2 aliphatic rings. The van der Waals surface area contributed by atoms with Gasteiger partial charge in [-0.25, -0.2) is 0 Å². The van der Waals surface area contributed by atoms with Gasteiger partial charge in [0.25, 0.3) is 0 Å². The van der Waals surface area contributed by atoms with Gasteiger partial charge < -0.3 is 15.4 Å². The maximum Gasteiger partial charge on any atom is 0.0652 e. The highest BCUT2D eigenvalue weighted by Crippen LogP contribution is 2.42. The quantitative estimate of drug-likeness (QED) is 0.696. The van der Waals surface area contributed by atoms with Crippen LogP contribution >= 0.6 is 0 Å². The van der Waals surface area contributed by atoms with E-state index >= 15 is 0 Å². The Morgan fingerprint density at radius 1 is 1.12 bits per heavy atom. The monoisotopic (exact) mass is 240 g/mol. The molecule has 2 fully saturated rings. The predicted octanol–water partition coefficient (Wildman–Crippen LogP) is 1.92. The minimum atomic E-state index is 0.294. The zero-order valence-corrected chi connectivity index (χ0v) is 11.6. The Bertz CT molecular complexity index is 236. The van der Waals surface area contributed by atoms with Crippen molar-refractivity contribution in [2.75, 3.05) is 20.2 Å². The average Bonchev–Trinajstić information content (AvgIpc) is 2.80. The first-order chi connectivity index (χ1) is 8.14. The van der Waals surface area contributed by atoms with Gasteiger partial charge in [0.05, 0.1) is 6.10 Å². The van der Waals surface area contributed by atoms with Crippen LogP contribution in [0.25, 0.3) is 0 Å². The molecule has 2 aliphatic carbocycles. The molecule has 3 heteroatoms. The average molecular weight is 240 g/mol. The number of hydrogen-bond donors (Lipinski definition) is 2. The molecule has 2 unspecified atom stereocenters. The van der Waals surface area contributed by atoms with E-state index in [1.54, 1.807) is 0 Å². The van der Waals surface area contributed by atoms with Crippen LogP contribution in [0.5, 0.6) is 0 Å². The van der Waals surface area contributed by atoms with Crippen molar-refractivity contribution in [2.45, 2.75) is 64.1 Å². The Kier molecular flexibility index (Phi) is 4.45. The fraction of sp³-hybridized carbons (Fsp3) is 1.00. The molecule has 0 aliphatic heterocycles. The number of hydrogen-bond acceptors (Lipinski definition) is 3. The number of methoxy groups -OCH3 is 1. The van der Waals surface area contributed by atoms with Crippen molar-refractivity contribution in [3.8, 4) is 0 Å². The minimum absolute atomic E-state index is 0.294. The van der Waals surface area contributed by atoms with Crippen molar-refractivity contribution in [1.82, 2.24) is 10.6 Å². The van der Waals surface area contributed by atoms with E-state index in [4.69, 9.17) is 4.74 Å². The molecule has 3 nitrogen and oxygen atoms in total. The van der Waals surface area contributed by atoms with Crippen LogP contribution in [-0.2, 0) is 4.74 Å². The largest absolute Gasteiger partial charge is 0.381 e. The zero-order chi connectivity index (χ0) is 12.3. The molecule has 2 N–H and O–H groups in total. The second-order valence-corrected chi connectivity index (χ2v) is 6.22. The topological polar surface area (TPSA) is 33.3 Å². The summed E-state index contributed by atoms with van der Waals surface area (Å²) in [6, 6.07) is 1.41. The summed E-state index contributed by atoms with van der Waals surface area (Å²) < 4.78 is 5.46. The van der Waals surface area contributed by atoms with E-state index in [0.29, 0.717) is 17.6 Å². The van der Waals surface area contributed by atoms with Crippen LogP contribution in [0.1, 0.15) is 46.0 Å². The van der Waals surface area contributed by atoms with Gasteiger partial charge in [-0.15, -0.1) is 0 Å². The Hall–Kier alpha value is -0.120. The van der Waals surface area contributed by atoms with Gasteiger partial charge in [-0.05, 0) is 19.3 Å². The smallest absolute Gasteiger partial charge is 0.0652 e. The van der Waals surface area contributed by atoms with Crippen molar-refractivity contribution in [1.29, 1.82) is 0 Å². The van der Waals surface area contributed by atoms with Crippen LogP contribution < -0.4 is 10.6 Å². The maximum atomic E-state index is 5.46. The van der Waals surface area contributed by atoms with E-state index < -0.39 is 0 Å². The highest BCUT2D eigenvalue weighted by molar-refractivity contribution is 5.02. The number of nitrogens with one attached hydrogen (secondary N) is 2. The Morgan fingerprint density at radius 2 is 1.76 bits per heavy atom. The lowest BCUT2D eigenvalue weighted by atomic mass is 9.64. The molecule has 0 radical (unpaired) electrons. The van der Waals surface area contributed by atoms with Crippen LogP contribution in [0.2, 0.25) is 0 Å². The van der Waals surface area contributed by atoms with Gasteiger partial charge in [-0.1, -0.05) is 26.7 Å². The molecule has 0 heterocycles. The highest BCUT2D eigenvalue weighted by atomic mass is 16.5. The molecule has 2 rings (SSSR count). The summed E-state index contributed by atoms with van der Waals surface area (Å²) in [6.07, 6.45) is 7.17. The maximum absolute atomic E-state index is 5.46. The molecule has 0 amide bonds. The predicted molar refractivity (Wildman–Crippen MR) is 71.2 cm³/mol. The summed E-state index contributed by atoms with van der Waals surface area (Å²) in [5, 5.41) is 7.30. The van der Waals surface area contributed by atoms with Gasteiger partial charge >= 0.3 is 0 Å². The molecule has 0 aromatic rings. The summed E-state index contributed by atoms with van der Waals surface area (Å²) >= 11 is 0. The minimum Gasteiger partial charge on any atom is -0.381 e. The Morgan fingerprint density at radius 3 is 2.35 bits per heavy atom. The third-order valence-electron chi connectivity index (χ3n) is 4.77. The fourth-order valence-corrected chi connectivity index (χ4v) is 3.28. The van der Waals surface area contributed by atoms with E-state index in [2.05, 4.69) is 24.5 Å². The van der Waals surface area contributed by atoms with Gasteiger partial charge in [0.15, 0.2) is 0 Å². The molecule has 0 saturated heterocycles. The molecular formula is C14H28N2O. The van der Waals surface area contributed by atoms with Crippen LogP contribution in [0.3, 0.4) is 0 Å². The molecule has 0 bridgehead atoms. The lowest BCUT2D eigenvalue weighted by Gasteiger charge is -2.51. The summed E-state index contributed by atoms with van der Waals surface area (Å²) in [6.45, 7) is 6.79. The van der Waals surface area contributed by atoms with Crippen molar-refractivity contribution in [3.63, 3.8) is 0 Å². The standard InChI is InChI=1S/C14H28N2O/c1-14(2)12(10-13(14)17-3)16-9-8-15-11-6-4-5-7-11/h11-13,15-16H,4-10H2,1-3H3. The molecule has 0 aromatic heterocycles. The summed E-state index contributed by atoms with van der Waals surface area (Å²) in [7, 11) is 1.82. The van der Waals surface area contributed by atoms with Gasteiger partial charge in [-0.2, -0.15) is 0 Å². The van der Waals surface area contributed by atoms with E-state index in [-0.39, 0.29) is 0 Å². The SMILES string of the molecule is COC1CC(NCCNC2CCCC2)C1(C)C. The normalized spacial score (nSPS) is 32.6. The van der Waals surface area contributed by atoms with Gasteiger partial charge in [0, 0.05) is 37.7 Å². The van der Waals surface area contributed by atoms with Crippen LogP contribution in [-0.4, -0.2) is 38.4 Å². The first-order valence-electron chi connectivity index (χ1n) is 7.14. The summed E-state index contributed by atoms with van der Waals surface area (Å²) in [5.74, 6) is 0. The molecule has 0 aromatic carbocycles. The lowest BCUT2D eigenvalue weighted by molar-refractivity contribution is -0.0971. The molecule has 100 valence electrons. The van der Waals surface area contributed by atoms with Gasteiger partial charge in [0.2, 0.25) is 0 Å². The summed E-state index contributed by atoms with van der Waals surface area (Å²) in [4.78, 5) is 0. The Labute approximate surface area is 106 Å². The van der Waals surface area contributed by atoms with Crippen molar-refractivity contribution >= 4 is 0 Å². The zero-order valence-electron chi connectivity index (χ0n) is 11.6. The van der Waals surface area contributed by atoms with E-state index in [1.165, 1.54) is 25.7 Å². The number of rotatable bonds is 6. The third-order valence-corrected chi connectivity index (χ3v) is 4.77. The number of ether oxygens (including phenoxy) is 1.